The number of phenolic OH excluding ortho intramolecular Hbond substituents is 1. The highest BCUT2D eigenvalue weighted by Crippen LogP contribution is 2.23. The van der Waals surface area contributed by atoms with Crippen molar-refractivity contribution in [2.24, 2.45) is 0 Å². The van der Waals surface area contributed by atoms with E-state index in [-0.39, 0.29) is 17.4 Å². The fourth-order valence-corrected chi connectivity index (χ4v) is 3.28. The smallest absolute Gasteiger partial charge is 0.254 e. The molecule has 2 aromatic carbocycles. The Morgan fingerprint density at radius 1 is 1.04 bits per heavy atom. The third-order valence-electron chi connectivity index (χ3n) is 4.75. The number of anilines is 1. The molecule has 1 aliphatic rings. The van der Waals surface area contributed by atoms with E-state index < -0.39 is 5.82 Å². The zero-order valence-corrected chi connectivity index (χ0v) is 15.3. The van der Waals surface area contributed by atoms with Gasteiger partial charge in [-0.05, 0) is 42.8 Å². The lowest BCUT2D eigenvalue weighted by molar-refractivity contribution is 0.0746. The van der Waals surface area contributed by atoms with Gasteiger partial charge in [-0.1, -0.05) is 13.0 Å². The van der Waals surface area contributed by atoms with Crippen LogP contribution in [0, 0.1) is 5.82 Å². The summed E-state index contributed by atoms with van der Waals surface area (Å²) in [5.74, 6) is -0.556. The first kappa shape index (κ1) is 18.9. The molecule has 0 atom stereocenters. The molecule has 1 amide bonds. The Labute approximate surface area is 158 Å². The summed E-state index contributed by atoms with van der Waals surface area (Å²) in [6.07, 6.45) is 1.14. The van der Waals surface area contributed by atoms with E-state index in [0.717, 1.165) is 6.42 Å². The molecule has 0 radical (unpaired) electrons. The summed E-state index contributed by atoms with van der Waals surface area (Å²) in [6, 6.07) is 10.9. The Morgan fingerprint density at radius 3 is 2.41 bits per heavy atom. The molecule has 0 unspecified atom stereocenters. The van der Waals surface area contributed by atoms with E-state index in [1.807, 2.05) is 11.8 Å². The van der Waals surface area contributed by atoms with Gasteiger partial charge in [0.2, 0.25) is 0 Å². The molecule has 5 nitrogen and oxygen atoms in total. The number of carbonyl (C=O) groups is 2. The molecule has 1 N–H and O–H groups in total. The largest absolute Gasteiger partial charge is 0.508 e. The highest BCUT2D eigenvalue weighted by Gasteiger charge is 2.24. The third kappa shape index (κ3) is 4.27. The first-order valence-corrected chi connectivity index (χ1v) is 9.15. The van der Waals surface area contributed by atoms with Crippen molar-refractivity contribution in [3.8, 4) is 5.75 Å². The van der Waals surface area contributed by atoms with Crippen LogP contribution in [0.1, 0.15) is 40.5 Å². The second kappa shape index (κ2) is 8.20. The zero-order chi connectivity index (χ0) is 19.4. The second-order valence-corrected chi connectivity index (χ2v) is 6.67. The van der Waals surface area contributed by atoms with Crippen LogP contribution in [-0.2, 0) is 0 Å². The molecule has 1 aliphatic heterocycles. The second-order valence-electron chi connectivity index (χ2n) is 6.67. The summed E-state index contributed by atoms with van der Waals surface area (Å²) in [5.41, 5.74) is 1.29. The van der Waals surface area contributed by atoms with Crippen molar-refractivity contribution < 1.29 is 19.1 Å². The van der Waals surface area contributed by atoms with E-state index in [1.54, 1.807) is 29.2 Å². The van der Waals surface area contributed by atoms with Crippen molar-refractivity contribution in [3.05, 3.63) is 59.4 Å². The minimum atomic E-state index is -0.412. The number of rotatable bonds is 5. The van der Waals surface area contributed by atoms with Crippen LogP contribution < -0.4 is 4.90 Å². The summed E-state index contributed by atoms with van der Waals surface area (Å²) < 4.78 is 14.5. The topological polar surface area (TPSA) is 60.9 Å². The first-order chi connectivity index (χ1) is 13.0. The monoisotopic (exact) mass is 370 g/mol. The summed E-state index contributed by atoms with van der Waals surface area (Å²) in [6.45, 7) is 3.85. The molecule has 1 fully saturated rings. The van der Waals surface area contributed by atoms with Gasteiger partial charge in [0.25, 0.3) is 5.91 Å². The number of phenols is 1. The molecule has 0 saturated carbocycles. The van der Waals surface area contributed by atoms with Gasteiger partial charge in [-0.3, -0.25) is 9.59 Å². The molecule has 2 aromatic rings. The van der Waals surface area contributed by atoms with Crippen LogP contribution in [0.5, 0.6) is 5.75 Å². The molecule has 1 heterocycles. The van der Waals surface area contributed by atoms with Crippen LogP contribution in [0.15, 0.2) is 42.5 Å². The normalized spacial score (nSPS) is 14.3. The molecule has 0 aromatic heterocycles. The number of Topliss-reactive ketones (excluding diaryl/α,β-unsaturated/α-hetero) is 1. The standard InChI is InChI=1S/C21H23FN2O3/c1-2-4-20(26)15-7-8-19(18(22)14-15)23-9-11-24(12-10-23)21(27)16-5-3-6-17(25)13-16/h3,5-8,13-14,25H,2,4,9-12H2,1H3. The van der Waals surface area contributed by atoms with Gasteiger partial charge in [-0.25, -0.2) is 4.39 Å². The lowest BCUT2D eigenvalue weighted by Gasteiger charge is -2.36. The first-order valence-electron chi connectivity index (χ1n) is 9.15. The van der Waals surface area contributed by atoms with Gasteiger partial charge in [0.1, 0.15) is 11.6 Å². The number of hydrogen-bond acceptors (Lipinski definition) is 4. The van der Waals surface area contributed by atoms with Gasteiger partial charge < -0.3 is 14.9 Å². The number of hydrogen-bond donors (Lipinski definition) is 1. The maximum absolute atomic E-state index is 14.5. The Kier molecular flexibility index (Phi) is 5.74. The number of halogens is 1. The van der Waals surface area contributed by atoms with Crippen LogP contribution in [0.4, 0.5) is 10.1 Å². The maximum Gasteiger partial charge on any atom is 0.254 e. The van der Waals surface area contributed by atoms with Gasteiger partial charge in [-0.2, -0.15) is 0 Å². The van der Waals surface area contributed by atoms with E-state index >= 15 is 0 Å². The fourth-order valence-electron chi connectivity index (χ4n) is 3.28. The van der Waals surface area contributed by atoms with Gasteiger partial charge in [0.05, 0.1) is 5.69 Å². The highest BCUT2D eigenvalue weighted by atomic mass is 19.1. The third-order valence-corrected chi connectivity index (χ3v) is 4.75. The average Bonchev–Trinajstić information content (AvgIpc) is 2.68. The predicted octanol–water partition coefficient (Wildman–Crippen LogP) is 3.48. The molecule has 1 saturated heterocycles. The molecule has 27 heavy (non-hydrogen) atoms. The van der Waals surface area contributed by atoms with Gasteiger partial charge >= 0.3 is 0 Å². The van der Waals surface area contributed by atoms with Crippen molar-refractivity contribution in [2.45, 2.75) is 19.8 Å². The molecule has 0 bridgehead atoms. The van der Waals surface area contributed by atoms with Crippen molar-refractivity contribution in [3.63, 3.8) is 0 Å². The lowest BCUT2D eigenvalue weighted by atomic mass is 10.1. The average molecular weight is 370 g/mol. The lowest BCUT2D eigenvalue weighted by Crippen LogP contribution is -2.49. The molecule has 3 rings (SSSR count). The number of carbonyl (C=O) groups excluding carboxylic acids is 2. The number of ketones is 1. The van der Waals surface area contributed by atoms with Crippen molar-refractivity contribution >= 4 is 17.4 Å². The SMILES string of the molecule is CCCC(=O)c1ccc(N2CCN(C(=O)c3cccc(O)c3)CC2)c(F)c1. The van der Waals surface area contributed by atoms with Crippen LogP contribution in [0.3, 0.4) is 0 Å². The van der Waals surface area contributed by atoms with Gasteiger partial charge in [0.15, 0.2) is 5.78 Å². The Morgan fingerprint density at radius 2 is 1.78 bits per heavy atom. The van der Waals surface area contributed by atoms with Crippen LogP contribution in [-0.4, -0.2) is 47.9 Å². The van der Waals surface area contributed by atoms with E-state index in [4.69, 9.17) is 0 Å². The summed E-state index contributed by atoms with van der Waals surface area (Å²) in [7, 11) is 0. The number of aromatic hydroxyl groups is 1. The molecular weight excluding hydrogens is 347 g/mol. The van der Waals surface area contributed by atoms with Crippen molar-refractivity contribution in [2.75, 3.05) is 31.1 Å². The quantitative estimate of drug-likeness (QED) is 0.819. The Bertz CT molecular complexity index is 845. The van der Waals surface area contributed by atoms with Crippen molar-refractivity contribution in [1.82, 2.24) is 4.90 Å². The van der Waals surface area contributed by atoms with Crippen molar-refractivity contribution in [1.29, 1.82) is 0 Å². The summed E-state index contributed by atoms with van der Waals surface area (Å²) in [5, 5.41) is 9.53. The van der Waals surface area contributed by atoms with Crippen LogP contribution >= 0.6 is 0 Å². The fraction of sp³-hybridized carbons (Fsp3) is 0.333. The maximum atomic E-state index is 14.5. The summed E-state index contributed by atoms with van der Waals surface area (Å²) in [4.78, 5) is 28.0. The van der Waals surface area contributed by atoms with Gasteiger partial charge in [0, 0.05) is 43.7 Å². The van der Waals surface area contributed by atoms with Crippen LogP contribution in [0.25, 0.3) is 0 Å². The number of benzene rings is 2. The Hall–Kier alpha value is -2.89. The summed E-state index contributed by atoms with van der Waals surface area (Å²) >= 11 is 0. The van der Waals surface area contributed by atoms with E-state index in [1.165, 1.54) is 18.2 Å². The molecule has 142 valence electrons. The molecular formula is C21H23FN2O3. The van der Waals surface area contributed by atoms with E-state index in [9.17, 15) is 19.1 Å². The number of amides is 1. The minimum absolute atomic E-state index is 0.0514. The Balaban J connectivity index is 1.65. The van der Waals surface area contributed by atoms with E-state index in [0.29, 0.717) is 49.4 Å². The van der Waals surface area contributed by atoms with Gasteiger partial charge in [-0.15, -0.1) is 0 Å². The highest BCUT2D eigenvalue weighted by molar-refractivity contribution is 5.96. The number of nitrogens with zero attached hydrogens (tertiary/aromatic N) is 2. The minimum Gasteiger partial charge on any atom is -0.508 e. The van der Waals surface area contributed by atoms with E-state index in [2.05, 4.69) is 0 Å². The number of piperazine rings is 1. The molecule has 0 aliphatic carbocycles. The zero-order valence-electron chi connectivity index (χ0n) is 15.3. The molecule has 0 spiro atoms. The van der Waals surface area contributed by atoms with Crippen LogP contribution in [0.2, 0.25) is 0 Å². The predicted molar refractivity (Wildman–Crippen MR) is 102 cm³/mol. The molecule has 6 heteroatoms.